The molecule has 1 heterocycles. The van der Waals surface area contributed by atoms with Gasteiger partial charge in [0.2, 0.25) is 0 Å². The lowest BCUT2D eigenvalue weighted by atomic mass is 10.1. The van der Waals surface area contributed by atoms with E-state index in [0.29, 0.717) is 5.42 Å². The van der Waals surface area contributed by atoms with Crippen molar-refractivity contribution in [3.8, 4) is 0 Å². The summed E-state index contributed by atoms with van der Waals surface area (Å²) in [6, 6.07) is 0. The Kier molecular flexibility index (Phi) is 3.51. The molecule has 15 heavy (non-hydrogen) atoms. The molecule has 0 aliphatic carbocycles. The van der Waals surface area contributed by atoms with E-state index in [1.54, 1.807) is 6.08 Å². The van der Waals surface area contributed by atoms with Crippen LogP contribution in [0.25, 0.3) is 18.7 Å². The van der Waals surface area contributed by atoms with E-state index in [-0.39, 0.29) is 0 Å². The number of hydrogen-bond donors (Lipinski definition) is 0. The summed E-state index contributed by atoms with van der Waals surface area (Å²) in [5, 5.41) is 0.998. The van der Waals surface area contributed by atoms with Gasteiger partial charge < -0.3 is 4.42 Å². The number of furan rings is 1. The Morgan fingerprint density at radius 1 is 1.40 bits per heavy atom. The van der Waals surface area contributed by atoms with Gasteiger partial charge in [-0.2, -0.15) is 0 Å². The standard InChI is InChI=1S/C14H16O/c1-6-7-8-13-11(4)15-12(5)14(13)9-10(2)3/h6-9H,1-2,5H2,3-4H3/b8-7-,14-9+. The average Bonchev–Trinajstić information content (AvgIpc) is 2.39. The van der Waals surface area contributed by atoms with Crippen molar-refractivity contribution in [1.29, 1.82) is 0 Å². The highest BCUT2D eigenvalue weighted by molar-refractivity contribution is 5.58. The fourth-order valence-corrected chi connectivity index (χ4v) is 1.41. The van der Waals surface area contributed by atoms with E-state index >= 15 is 0 Å². The van der Waals surface area contributed by atoms with Gasteiger partial charge >= 0.3 is 0 Å². The maximum Gasteiger partial charge on any atom is 0.127 e. The molecule has 1 heteroatoms. The number of hydrogen-bond acceptors (Lipinski definition) is 1. The summed E-state index contributed by atoms with van der Waals surface area (Å²) in [4.78, 5) is 0. The van der Waals surface area contributed by atoms with Crippen LogP contribution in [0.15, 0.2) is 35.3 Å². The van der Waals surface area contributed by atoms with Crippen molar-refractivity contribution >= 4 is 18.7 Å². The molecule has 0 bridgehead atoms. The minimum atomic E-state index is 0.680. The minimum Gasteiger partial charge on any atom is -0.461 e. The van der Waals surface area contributed by atoms with Crippen LogP contribution in [0.4, 0.5) is 0 Å². The van der Waals surface area contributed by atoms with E-state index in [1.807, 2.05) is 32.1 Å². The van der Waals surface area contributed by atoms with Crippen molar-refractivity contribution in [2.24, 2.45) is 0 Å². The zero-order valence-corrected chi connectivity index (χ0v) is 9.34. The summed E-state index contributed by atoms with van der Waals surface area (Å²) in [6.07, 6.45) is 7.56. The van der Waals surface area contributed by atoms with Crippen LogP contribution in [-0.4, -0.2) is 0 Å². The zero-order chi connectivity index (χ0) is 11.4. The summed E-state index contributed by atoms with van der Waals surface area (Å²) in [5.41, 5.74) is 2.70. The monoisotopic (exact) mass is 200 g/mol. The van der Waals surface area contributed by atoms with Crippen molar-refractivity contribution < 1.29 is 4.42 Å². The Morgan fingerprint density at radius 2 is 2.07 bits per heavy atom. The van der Waals surface area contributed by atoms with Gasteiger partial charge in [-0.25, -0.2) is 0 Å². The first-order chi connectivity index (χ1) is 7.06. The molecule has 0 saturated heterocycles. The van der Waals surface area contributed by atoms with Crippen molar-refractivity contribution in [2.75, 3.05) is 0 Å². The highest BCUT2D eigenvalue weighted by Gasteiger charge is 2.02. The highest BCUT2D eigenvalue weighted by Crippen LogP contribution is 2.03. The topological polar surface area (TPSA) is 13.1 Å². The third-order valence-electron chi connectivity index (χ3n) is 2.04. The Morgan fingerprint density at radius 3 is 2.60 bits per heavy atom. The predicted octanol–water partition coefficient (Wildman–Crippen LogP) is 2.55. The molecular formula is C14H16O. The quantitative estimate of drug-likeness (QED) is 0.683. The third-order valence-corrected chi connectivity index (χ3v) is 2.04. The largest absolute Gasteiger partial charge is 0.461 e. The number of rotatable bonds is 3. The zero-order valence-electron chi connectivity index (χ0n) is 9.34. The van der Waals surface area contributed by atoms with Crippen LogP contribution in [-0.2, 0) is 0 Å². The molecule has 0 amide bonds. The summed E-state index contributed by atoms with van der Waals surface area (Å²) in [6.45, 7) is 15.2. The first-order valence-corrected chi connectivity index (χ1v) is 4.81. The second-order valence-corrected chi connectivity index (χ2v) is 3.49. The molecule has 0 spiro atoms. The van der Waals surface area contributed by atoms with E-state index in [0.717, 1.165) is 22.1 Å². The van der Waals surface area contributed by atoms with E-state index in [1.165, 1.54) is 0 Å². The van der Waals surface area contributed by atoms with Gasteiger partial charge in [-0.3, -0.25) is 0 Å². The summed E-state index contributed by atoms with van der Waals surface area (Å²) < 4.78 is 5.47. The van der Waals surface area contributed by atoms with Gasteiger partial charge in [-0.15, -0.1) is 0 Å². The van der Waals surface area contributed by atoms with Gasteiger partial charge in [0.1, 0.15) is 11.2 Å². The third kappa shape index (κ3) is 2.59. The van der Waals surface area contributed by atoms with Crippen molar-refractivity contribution in [3.63, 3.8) is 0 Å². The lowest BCUT2D eigenvalue weighted by Gasteiger charge is -1.89. The Labute approximate surface area is 90.4 Å². The van der Waals surface area contributed by atoms with E-state index in [2.05, 4.69) is 19.7 Å². The van der Waals surface area contributed by atoms with Gasteiger partial charge in [-0.1, -0.05) is 43.5 Å². The smallest absolute Gasteiger partial charge is 0.127 e. The van der Waals surface area contributed by atoms with Crippen LogP contribution in [0, 0.1) is 6.92 Å². The lowest BCUT2D eigenvalue weighted by molar-refractivity contribution is 0.502. The van der Waals surface area contributed by atoms with Crippen LogP contribution < -0.4 is 10.6 Å². The van der Waals surface area contributed by atoms with Crippen LogP contribution in [0.5, 0.6) is 0 Å². The highest BCUT2D eigenvalue weighted by atomic mass is 16.3. The number of allylic oxidation sites excluding steroid dienone is 3. The molecule has 0 aliphatic rings. The maximum absolute atomic E-state index is 5.47. The first kappa shape index (κ1) is 11.3. The minimum absolute atomic E-state index is 0.680. The summed E-state index contributed by atoms with van der Waals surface area (Å²) in [7, 11) is 0. The van der Waals surface area contributed by atoms with Crippen molar-refractivity contribution in [1.82, 2.24) is 0 Å². The molecule has 0 unspecified atom stereocenters. The van der Waals surface area contributed by atoms with E-state index < -0.39 is 0 Å². The molecule has 0 saturated carbocycles. The van der Waals surface area contributed by atoms with Crippen LogP contribution in [0.1, 0.15) is 18.2 Å². The molecule has 0 aromatic carbocycles. The van der Waals surface area contributed by atoms with Gasteiger partial charge in [0.05, 0.1) is 0 Å². The van der Waals surface area contributed by atoms with Gasteiger partial charge in [-0.05, 0) is 19.9 Å². The van der Waals surface area contributed by atoms with Crippen LogP contribution >= 0.6 is 0 Å². The van der Waals surface area contributed by atoms with Gasteiger partial charge in [0.25, 0.3) is 0 Å². The molecule has 1 nitrogen and oxygen atoms in total. The second-order valence-electron chi connectivity index (χ2n) is 3.49. The average molecular weight is 200 g/mol. The predicted molar refractivity (Wildman–Crippen MR) is 66.7 cm³/mol. The lowest BCUT2D eigenvalue weighted by Crippen LogP contribution is -2.20. The fraction of sp³-hybridized carbons (Fsp3) is 0.143. The molecular weight excluding hydrogens is 184 g/mol. The fourth-order valence-electron chi connectivity index (χ4n) is 1.41. The van der Waals surface area contributed by atoms with E-state index in [4.69, 9.17) is 4.42 Å². The molecule has 0 fully saturated rings. The van der Waals surface area contributed by atoms with E-state index in [9.17, 15) is 0 Å². The molecule has 1 rings (SSSR count). The summed E-state index contributed by atoms with van der Waals surface area (Å²) >= 11 is 0. The Hall–Kier alpha value is -1.76. The molecule has 78 valence electrons. The van der Waals surface area contributed by atoms with Crippen LogP contribution in [0.2, 0.25) is 0 Å². The molecule has 1 aromatic rings. The molecule has 0 N–H and O–H groups in total. The normalized spacial score (nSPS) is 12.3. The van der Waals surface area contributed by atoms with Gasteiger partial charge in [0.15, 0.2) is 0 Å². The SMILES string of the molecule is C=C/C=C\c1c(C)oc(=C)/c1=C\C(=C)C. The second kappa shape index (κ2) is 4.65. The molecule has 1 aromatic heterocycles. The first-order valence-electron chi connectivity index (χ1n) is 4.81. The molecule has 0 radical (unpaired) electrons. The van der Waals surface area contributed by atoms with Crippen LogP contribution in [0.3, 0.4) is 0 Å². The van der Waals surface area contributed by atoms with Crippen molar-refractivity contribution in [2.45, 2.75) is 13.8 Å². The molecule has 0 aliphatic heterocycles. The van der Waals surface area contributed by atoms with Crippen molar-refractivity contribution in [3.05, 3.63) is 52.8 Å². The number of aryl methyl sites for hydroxylation is 1. The maximum atomic E-state index is 5.47. The summed E-state index contributed by atoms with van der Waals surface area (Å²) in [5.74, 6) is 0.866. The van der Waals surface area contributed by atoms with Gasteiger partial charge in [0, 0.05) is 10.8 Å². The Bertz CT molecular complexity index is 512. The molecule has 0 atom stereocenters. The Balaban J connectivity index is 3.49.